The molecule has 2 heterocycles. The number of hydrogen-bond donors (Lipinski definition) is 0. The molecule has 0 aliphatic heterocycles. The van der Waals surface area contributed by atoms with Crippen molar-refractivity contribution in [2.24, 2.45) is 0 Å². The minimum atomic E-state index is -0.553. The highest BCUT2D eigenvalue weighted by molar-refractivity contribution is 9.10. The molecule has 0 aromatic carbocycles. The minimum Gasteiger partial charge on any atom is -0.258 e. The molecule has 0 atom stereocenters. The van der Waals surface area contributed by atoms with Crippen molar-refractivity contribution in [2.45, 2.75) is 0 Å². The van der Waals surface area contributed by atoms with Gasteiger partial charge in [0.15, 0.2) is 0 Å². The molecule has 15 heavy (non-hydrogen) atoms. The number of nitro groups is 1. The topological polar surface area (TPSA) is 86.7 Å². The lowest BCUT2D eigenvalue weighted by Crippen LogP contribution is -2.02. The quantitative estimate of drug-likeness (QED) is 0.606. The smallest absolute Gasteiger partial charge is 0.258 e. The fraction of sp³-hybridized carbons (Fsp3) is 0. The van der Waals surface area contributed by atoms with Crippen LogP contribution in [0.15, 0.2) is 29.3 Å². The van der Waals surface area contributed by atoms with Gasteiger partial charge in [-0.2, -0.15) is 5.10 Å². The molecular formula is C7H4BrN5O2. The molecule has 0 fully saturated rings. The van der Waals surface area contributed by atoms with Gasteiger partial charge in [0.05, 0.1) is 4.92 Å². The van der Waals surface area contributed by atoms with Gasteiger partial charge in [-0.15, -0.1) is 0 Å². The Bertz CT molecular complexity index is 494. The molecule has 0 spiro atoms. The van der Waals surface area contributed by atoms with E-state index in [1.54, 1.807) is 12.3 Å². The third kappa shape index (κ3) is 1.99. The zero-order valence-electron chi connectivity index (χ0n) is 7.24. The number of nitrogens with zero attached hydrogens (tertiary/aromatic N) is 5. The molecule has 8 heteroatoms. The van der Waals surface area contributed by atoms with Crippen molar-refractivity contribution in [3.05, 3.63) is 39.4 Å². The summed E-state index contributed by atoms with van der Waals surface area (Å²) in [5.41, 5.74) is -0.148. The van der Waals surface area contributed by atoms with Crippen molar-refractivity contribution in [3.8, 4) is 5.95 Å². The van der Waals surface area contributed by atoms with Gasteiger partial charge >= 0.3 is 5.69 Å². The highest BCUT2D eigenvalue weighted by atomic mass is 79.9. The fourth-order valence-corrected chi connectivity index (χ4v) is 1.23. The SMILES string of the molecule is O=[N+]([O-])c1cnc(-n2ccc(Br)n2)nc1. The van der Waals surface area contributed by atoms with Crippen LogP contribution >= 0.6 is 15.9 Å². The molecule has 7 nitrogen and oxygen atoms in total. The average molecular weight is 270 g/mol. The van der Waals surface area contributed by atoms with E-state index in [1.165, 1.54) is 4.68 Å². The Morgan fingerprint density at radius 2 is 2.07 bits per heavy atom. The van der Waals surface area contributed by atoms with Crippen LogP contribution in [-0.4, -0.2) is 24.7 Å². The second-order valence-electron chi connectivity index (χ2n) is 2.58. The van der Waals surface area contributed by atoms with Crippen LogP contribution in [0.2, 0.25) is 0 Å². The number of hydrogen-bond acceptors (Lipinski definition) is 5. The first-order valence-electron chi connectivity index (χ1n) is 3.85. The van der Waals surface area contributed by atoms with Gasteiger partial charge in [-0.3, -0.25) is 10.1 Å². The van der Waals surface area contributed by atoms with Gasteiger partial charge in [-0.1, -0.05) is 0 Å². The first-order valence-corrected chi connectivity index (χ1v) is 4.64. The Morgan fingerprint density at radius 1 is 1.40 bits per heavy atom. The molecule has 0 bridgehead atoms. The van der Waals surface area contributed by atoms with Crippen molar-refractivity contribution >= 4 is 21.6 Å². The van der Waals surface area contributed by atoms with Crippen molar-refractivity contribution in [1.82, 2.24) is 19.7 Å². The van der Waals surface area contributed by atoms with E-state index in [4.69, 9.17) is 0 Å². The Labute approximate surface area is 92.1 Å². The van der Waals surface area contributed by atoms with E-state index >= 15 is 0 Å². The summed E-state index contributed by atoms with van der Waals surface area (Å²) >= 11 is 3.17. The Balaban J connectivity index is 2.35. The normalized spacial score (nSPS) is 10.2. The van der Waals surface area contributed by atoms with Gasteiger partial charge in [-0.05, 0) is 22.0 Å². The molecule has 0 aliphatic rings. The highest BCUT2D eigenvalue weighted by Gasteiger charge is 2.08. The van der Waals surface area contributed by atoms with E-state index in [0.717, 1.165) is 12.4 Å². The molecule has 0 radical (unpaired) electrons. The summed E-state index contributed by atoms with van der Waals surface area (Å²) < 4.78 is 2.05. The summed E-state index contributed by atoms with van der Waals surface area (Å²) in [6.45, 7) is 0. The summed E-state index contributed by atoms with van der Waals surface area (Å²) in [5, 5.41) is 14.3. The molecule has 2 aromatic heterocycles. The first-order chi connectivity index (χ1) is 7.16. The van der Waals surface area contributed by atoms with Crippen LogP contribution in [0.1, 0.15) is 0 Å². The monoisotopic (exact) mass is 269 g/mol. The van der Waals surface area contributed by atoms with Crippen molar-refractivity contribution in [1.29, 1.82) is 0 Å². The lowest BCUT2D eigenvalue weighted by atomic mass is 10.5. The molecule has 76 valence electrons. The second kappa shape index (κ2) is 3.73. The highest BCUT2D eigenvalue weighted by Crippen LogP contribution is 2.10. The van der Waals surface area contributed by atoms with Gasteiger partial charge in [-0.25, -0.2) is 14.6 Å². The molecule has 2 rings (SSSR count). The van der Waals surface area contributed by atoms with Gasteiger partial charge in [0, 0.05) is 6.20 Å². The third-order valence-electron chi connectivity index (χ3n) is 1.60. The molecule has 0 N–H and O–H groups in total. The van der Waals surface area contributed by atoms with Crippen molar-refractivity contribution in [2.75, 3.05) is 0 Å². The fourth-order valence-electron chi connectivity index (χ4n) is 0.940. The summed E-state index contributed by atoms with van der Waals surface area (Å²) in [6, 6.07) is 1.71. The van der Waals surface area contributed by atoms with Gasteiger partial charge < -0.3 is 0 Å². The molecule has 0 unspecified atom stereocenters. The predicted molar refractivity (Wildman–Crippen MR) is 53.5 cm³/mol. The van der Waals surface area contributed by atoms with E-state index < -0.39 is 4.92 Å². The van der Waals surface area contributed by atoms with Crippen LogP contribution in [0.25, 0.3) is 5.95 Å². The van der Waals surface area contributed by atoms with E-state index in [0.29, 0.717) is 4.60 Å². The lowest BCUT2D eigenvalue weighted by Gasteiger charge is -1.96. The van der Waals surface area contributed by atoms with E-state index in [-0.39, 0.29) is 11.6 Å². The number of halogens is 1. The average Bonchev–Trinajstić information content (AvgIpc) is 2.65. The number of rotatable bonds is 2. The number of aromatic nitrogens is 4. The largest absolute Gasteiger partial charge is 0.305 e. The first kappa shape index (κ1) is 9.71. The van der Waals surface area contributed by atoms with Crippen LogP contribution in [0.3, 0.4) is 0 Å². The Kier molecular flexibility index (Phi) is 2.42. The van der Waals surface area contributed by atoms with Crippen molar-refractivity contribution < 1.29 is 4.92 Å². The summed E-state index contributed by atoms with van der Waals surface area (Å²) in [4.78, 5) is 17.4. The van der Waals surface area contributed by atoms with Gasteiger partial charge in [0.2, 0.25) is 0 Å². The summed E-state index contributed by atoms with van der Waals surface area (Å²) in [5.74, 6) is 0.284. The zero-order valence-corrected chi connectivity index (χ0v) is 8.83. The molecule has 0 aliphatic carbocycles. The van der Waals surface area contributed by atoms with Crippen LogP contribution in [-0.2, 0) is 0 Å². The molecule has 2 aromatic rings. The van der Waals surface area contributed by atoms with E-state index in [9.17, 15) is 10.1 Å². The van der Waals surface area contributed by atoms with Gasteiger partial charge in [0.25, 0.3) is 5.95 Å². The molecular weight excluding hydrogens is 266 g/mol. The van der Waals surface area contributed by atoms with Crippen molar-refractivity contribution in [3.63, 3.8) is 0 Å². The van der Waals surface area contributed by atoms with E-state index in [1.807, 2.05) is 0 Å². The molecule has 0 saturated heterocycles. The second-order valence-corrected chi connectivity index (χ2v) is 3.39. The summed E-state index contributed by atoms with van der Waals surface area (Å²) in [7, 11) is 0. The van der Waals surface area contributed by atoms with Crippen LogP contribution < -0.4 is 0 Å². The van der Waals surface area contributed by atoms with Crippen LogP contribution in [0, 0.1) is 10.1 Å². The Morgan fingerprint density at radius 3 is 2.53 bits per heavy atom. The summed E-state index contributed by atoms with van der Waals surface area (Å²) in [6.07, 6.45) is 3.92. The van der Waals surface area contributed by atoms with Crippen LogP contribution in [0.5, 0.6) is 0 Å². The lowest BCUT2D eigenvalue weighted by molar-refractivity contribution is -0.385. The maximum Gasteiger partial charge on any atom is 0.305 e. The zero-order chi connectivity index (χ0) is 10.8. The van der Waals surface area contributed by atoms with E-state index in [2.05, 4.69) is 31.0 Å². The maximum absolute atomic E-state index is 10.3. The van der Waals surface area contributed by atoms with Gasteiger partial charge in [0.1, 0.15) is 17.0 Å². The predicted octanol–water partition coefficient (Wildman–Crippen LogP) is 1.33. The standard InChI is InChI=1S/C7H4BrN5O2/c8-6-1-2-12(11-6)7-9-3-5(4-10-7)13(14)15/h1-4H. The maximum atomic E-state index is 10.3. The minimum absolute atomic E-state index is 0.148. The molecule has 0 amide bonds. The molecule has 0 saturated carbocycles. The third-order valence-corrected chi connectivity index (χ3v) is 2.02. The van der Waals surface area contributed by atoms with Crippen LogP contribution in [0.4, 0.5) is 5.69 Å². The Hall–Kier alpha value is -1.83.